The molecular weight excluding hydrogens is 731 g/mol. The highest BCUT2D eigenvalue weighted by atomic mass is 79.9. The van der Waals surface area contributed by atoms with Crippen LogP contribution in [0, 0.1) is 0 Å². The molecule has 0 aliphatic rings. The summed E-state index contributed by atoms with van der Waals surface area (Å²) in [5, 5.41) is 8.32. The number of halogens is 4. The Hall–Kier alpha value is -2.73. The van der Waals surface area contributed by atoms with Gasteiger partial charge in [0.1, 0.15) is 5.82 Å². The van der Waals surface area contributed by atoms with E-state index in [0.29, 0.717) is 53.4 Å². The fourth-order valence-corrected chi connectivity index (χ4v) is 5.17. The summed E-state index contributed by atoms with van der Waals surface area (Å²) < 4.78 is 14.6. The van der Waals surface area contributed by atoms with E-state index in [1.54, 1.807) is 42.6 Å². The normalized spacial score (nSPS) is 12.1. The minimum atomic E-state index is -0.356. The van der Waals surface area contributed by atoms with Gasteiger partial charge < -0.3 is 14.8 Å². The summed E-state index contributed by atoms with van der Waals surface area (Å²) in [5.74, 6) is 0.897. The van der Waals surface area contributed by atoms with Crippen LogP contribution < -0.4 is 20.3 Å². The number of aromatic nitrogens is 2. The van der Waals surface area contributed by atoms with Crippen LogP contribution >= 0.6 is 59.4 Å². The zero-order chi connectivity index (χ0) is 29.0. The van der Waals surface area contributed by atoms with Gasteiger partial charge in [-0.1, -0.05) is 41.4 Å². The highest BCUT2D eigenvalue weighted by Gasteiger charge is 2.19. The Balaban J connectivity index is 1.65. The lowest BCUT2D eigenvalue weighted by Crippen LogP contribution is -2.23. The Kier molecular flexibility index (Phi) is 10.0. The molecule has 0 spiro atoms. The van der Waals surface area contributed by atoms with Crippen molar-refractivity contribution >= 4 is 88.1 Å². The number of amides is 1. The predicted molar refractivity (Wildman–Crippen MR) is 169 cm³/mol. The largest absolute Gasteiger partial charge is 0.493 e. The van der Waals surface area contributed by atoms with Crippen molar-refractivity contribution in [2.75, 3.05) is 19.0 Å². The number of rotatable bonds is 9. The molecule has 0 aliphatic heterocycles. The van der Waals surface area contributed by atoms with E-state index in [9.17, 15) is 9.59 Å². The van der Waals surface area contributed by atoms with Gasteiger partial charge >= 0.3 is 0 Å². The summed E-state index contributed by atoms with van der Waals surface area (Å²) in [6.45, 7) is 3.77. The molecule has 4 rings (SSSR count). The molecule has 1 atom stereocenters. The summed E-state index contributed by atoms with van der Waals surface area (Å²) in [7, 11) is 1.49. The van der Waals surface area contributed by atoms with Gasteiger partial charge in [0.15, 0.2) is 18.1 Å². The SMILES string of the molecule is CC[C@H](C)c1nc2ccc(Br)cc2c(=O)n1N=Cc1cc(OC)c(OCC(=O)Nc2ccc(Cl)cc2)c(Br)c1Br. The molecule has 0 saturated heterocycles. The lowest BCUT2D eigenvalue weighted by Gasteiger charge is -2.16. The number of carbonyl (C=O) groups is 1. The Morgan fingerprint density at radius 1 is 1.15 bits per heavy atom. The van der Waals surface area contributed by atoms with E-state index in [4.69, 9.17) is 26.1 Å². The van der Waals surface area contributed by atoms with E-state index in [1.807, 2.05) is 26.0 Å². The third kappa shape index (κ3) is 6.76. The van der Waals surface area contributed by atoms with Crippen molar-refractivity contribution in [3.63, 3.8) is 0 Å². The van der Waals surface area contributed by atoms with Gasteiger partial charge in [-0.2, -0.15) is 9.78 Å². The summed E-state index contributed by atoms with van der Waals surface area (Å²) in [6.07, 6.45) is 2.33. The van der Waals surface area contributed by atoms with Crippen molar-refractivity contribution in [3.8, 4) is 11.5 Å². The minimum Gasteiger partial charge on any atom is -0.493 e. The zero-order valence-electron chi connectivity index (χ0n) is 21.7. The Morgan fingerprint density at radius 2 is 1.88 bits per heavy atom. The first kappa shape index (κ1) is 30.2. The van der Waals surface area contributed by atoms with Gasteiger partial charge in [0.25, 0.3) is 11.5 Å². The van der Waals surface area contributed by atoms with E-state index in [0.717, 1.165) is 10.9 Å². The molecule has 3 aromatic carbocycles. The highest BCUT2D eigenvalue weighted by molar-refractivity contribution is 9.13. The number of fused-ring (bicyclic) bond motifs is 1. The van der Waals surface area contributed by atoms with Crippen LogP contribution in [0.5, 0.6) is 11.5 Å². The lowest BCUT2D eigenvalue weighted by atomic mass is 10.1. The number of ether oxygens (including phenoxy) is 2. The first-order chi connectivity index (χ1) is 19.1. The van der Waals surface area contributed by atoms with Crippen LogP contribution in [0.15, 0.2) is 71.8 Å². The number of nitrogens with zero attached hydrogens (tertiary/aromatic N) is 3. The monoisotopic (exact) mass is 752 g/mol. The summed E-state index contributed by atoms with van der Waals surface area (Å²) >= 11 is 16.4. The predicted octanol–water partition coefficient (Wildman–Crippen LogP) is 7.76. The highest BCUT2D eigenvalue weighted by Crippen LogP contribution is 2.42. The second-order valence-electron chi connectivity index (χ2n) is 8.77. The summed E-state index contributed by atoms with van der Waals surface area (Å²) in [5.41, 5.74) is 1.55. The van der Waals surface area contributed by atoms with Gasteiger partial charge in [-0.15, -0.1) is 0 Å². The van der Waals surface area contributed by atoms with Gasteiger partial charge in [-0.25, -0.2) is 4.98 Å². The molecular formula is C28H24Br3ClN4O4. The molecule has 0 unspecified atom stereocenters. The molecule has 1 amide bonds. The molecule has 8 nitrogen and oxygen atoms in total. The smallest absolute Gasteiger partial charge is 0.282 e. The fourth-order valence-electron chi connectivity index (χ4n) is 3.75. The third-order valence-electron chi connectivity index (χ3n) is 6.05. The van der Waals surface area contributed by atoms with Crippen LogP contribution in [-0.2, 0) is 4.79 Å². The summed E-state index contributed by atoms with van der Waals surface area (Å²) in [6, 6.07) is 13.9. The van der Waals surface area contributed by atoms with Crippen LogP contribution in [0.1, 0.15) is 37.6 Å². The molecule has 1 N–H and O–H groups in total. The summed E-state index contributed by atoms with van der Waals surface area (Å²) in [4.78, 5) is 30.6. The standard InChI is InChI=1S/C28H24Br3ClN4O4/c1-4-15(2)27-35-21-10-5-17(29)12-20(21)28(38)36(27)33-13-16-11-22(39-3)26(25(31)24(16)30)40-14-23(37)34-19-8-6-18(32)7-9-19/h5-13,15H,4,14H2,1-3H3,(H,34,37)/t15-/m0/s1. The van der Waals surface area contributed by atoms with E-state index < -0.39 is 0 Å². The van der Waals surface area contributed by atoms with Crippen LogP contribution in [-0.4, -0.2) is 35.5 Å². The van der Waals surface area contributed by atoms with Gasteiger partial charge in [0, 0.05) is 31.1 Å². The Morgan fingerprint density at radius 3 is 2.55 bits per heavy atom. The molecule has 4 aromatic rings. The van der Waals surface area contributed by atoms with Crippen molar-refractivity contribution in [3.05, 3.63) is 88.7 Å². The number of methoxy groups -OCH3 is 1. The Labute approximate surface area is 261 Å². The second-order valence-corrected chi connectivity index (χ2v) is 11.7. The van der Waals surface area contributed by atoms with Crippen LogP contribution in [0.2, 0.25) is 5.02 Å². The molecule has 12 heteroatoms. The van der Waals surface area contributed by atoms with Crippen LogP contribution in [0.25, 0.3) is 10.9 Å². The average Bonchev–Trinajstić information content (AvgIpc) is 2.94. The van der Waals surface area contributed by atoms with E-state index in [2.05, 4.69) is 58.2 Å². The molecule has 0 radical (unpaired) electrons. The van der Waals surface area contributed by atoms with E-state index in [1.165, 1.54) is 11.8 Å². The molecule has 208 valence electrons. The number of benzene rings is 3. The number of hydrogen-bond donors (Lipinski definition) is 1. The van der Waals surface area contributed by atoms with Crippen LogP contribution in [0.3, 0.4) is 0 Å². The van der Waals surface area contributed by atoms with Crippen molar-refractivity contribution in [1.29, 1.82) is 0 Å². The van der Waals surface area contributed by atoms with Crippen LogP contribution in [0.4, 0.5) is 5.69 Å². The van der Waals surface area contributed by atoms with Gasteiger partial charge in [0.05, 0.1) is 28.7 Å². The number of nitrogens with one attached hydrogen (secondary N) is 1. The van der Waals surface area contributed by atoms with Gasteiger partial charge in [-0.05, 0) is 86.8 Å². The molecule has 1 heterocycles. The molecule has 0 bridgehead atoms. The van der Waals surface area contributed by atoms with E-state index in [-0.39, 0.29) is 24.0 Å². The van der Waals surface area contributed by atoms with Gasteiger partial charge in [0.2, 0.25) is 0 Å². The van der Waals surface area contributed by atoms with Gasteiger partial charge in [-0.3, -0.25) is 9.59 Å². The molecule has 1 aromatic heterocycles. The molecule has 40 heavy (non-hydrogen) atoms. The number of carbonyl (C=O) groups excluding carboxylic acids is 1. The first-order valence-electron chi connectivity index (χ1n) is 12.1. The maximum Gasteiger partial charge on any atom is 0.282 e. The maximum atomic E-state index is 13.4. The van der Waals surface area contributed by atoms with Crippen molar-refractivity contribution < 1.29 is 14.3 Å². The topological polar surface area (TPSA) is 94.8 Å². The average molecular weight is 756 g/mol. The minimum absolute atomic E-state index is 0.00240. The lowest BCUT2D eigenvalue weighted by molar-refractivity contribution is -0.118. The zero-order valence-corrected chi connectivity index (χ0v) is 27.2. The molecule has 0 aliphatic carbocycles. The van der Waals surface area contributed by atoms with Crippen molar-refractivity contribution in [2.24, 2.45) is 5.10 Å². The quantitative estimate of drug-likeness (QED) is 0.176. The number of hydrogen-bond acceptors (Lipinski definition) is 6. The maximum absolute atomic E-state index is 13.4. The molecule has 0 fully saturated rings. The Bertz CT molecular complexity index is 1660. The second kappa shape index (κ2) is 13.3. The first-order valence-corrected chi connectivity index (χ1v) is 14.9. The van der Waals surface area contributed by atoms with Crippen molar-refractivity contribution in [2.45, 2.75) is 26.2 Å². The number of anilines is 1. The fraction of sp³-hybridized carbons (Fsp3) is 0.214. The third-order valence-corrected chi connectivity index (χ3v) is 8.94. The van der Waals surface area contributed by atoms with E-state index >= 15 is 0 Å². The molecule has 0 saturated carbocycles. The van der Waals surface area contributed by atoms with Crippen molar-refractivity contribution in [1.82, 2.24) is 9.66 Å².